The SMILES string of the molecule is CCOC(=O)c1ncn(Cc2nn[nH]n2)c1N. The van der Waals surface area contributed by atoms with Gasteiger partial charge in [0.2, 0.25) is 0 Å². The first-order valence-corrected chi connectivity index (χ1v) is 4.92. The van der Waals surface area contributed by atoms with E-state index in [1.165, 1.54) is 10.9 Å². The molecule has 90 valence electrons. The van der Waals surface area contributed by atoms with Crippen molar-refractivity contribution in [3.05, 3.63) is 17.8 Å². The third kappa shape index (κ3) is 2.22. The second kappa shape index (κ2) is 4.60. The molecule has 0 aliphatic rings. The lowest BCUT2D eigenvalue weighted by Gasteiger charge is -2.02. The predicted molar refractivity (Wildman–Crippen MR) is 55.9 cm³/mol. The summed E-state index contributed by atoms with van der Waals surface area (Å²) in [6.45, 7) is 2.27. The Morgan fingerprint density at radius 1 is 1.65 bits per heavy atom. The zero-order chi connectivity index (χ0) is 12.3. The first kappa shape index (κ1) is 11.0. The van der Waals surface area contributed by atoms with Crippen LogP contribution in [0.1, 0.15) is 23.2 Å². The summed E-state index contributed by atoms with van der Waals surface area (Å²) in [6, 6.07) is 0. The van der Waals surface area contributed by atoms with Crippen molar-refractivity contribution >= 4 is 11.8 Å². The first-order chi connectivity index (χ1) is 8.22. The minimum Gasteiger partial charge on any atom is -0.461 e. The zero-order valence-corrected chi connectivity index (χ0v) is 9.12. The molecule has 0 atom stereocenters. The summed E-state index contributed by atoms with van der Waals surface area (Å²) in [4.78, 5) is 15.3. The molecule has 0 amide bonds. The number of esters is 1. The Kier molecular flexibility index (Phi) is 2.99. The average Bonchev–Trinajstić information content (AvgIpc) is 2.91. The number of rotatable bonds is 4. The number of carbonyl (C=O) groups is 1. The van der Waals surface area contributed by atoms with Crippen molar-refractivity contribution in [2.75, 3.05) is 12.3 Å². The number of nitrogens with one attached hydrogen (secondary N) is 1. The Labute approximate surface area is 96.0 Å². The van der Waals surface area contributed by atoms with Crippen molar-refractivity contribution in [3.63, 3.8) is 0 Å². The summed E-state index contributed by atoms with van der Waals surface area (Å²) in [5.74, 6) is 0.120. The molecule has 3 N–H and O–H groups in total. The number of anilines is 1. The third-order valence-corrected chi connectivity index (χ3v) is 2.05. The van der Waals surface area contributed by atoms with Crippen molar-refractivity contribution in [3.8, 4) is 0 Å². The summed E-state index contributed by atoms with van der Waals surface area (Å²) in [7, 11) is 0. The molecule has 2 aromatic rings. The van der Waals surface area contributed by atoms with Gasteiger partial charge in [-0.3, -0.25) is 0 Å². The molecule has 0 bridgehead atoms. The van der Waals surface area contributed by atoms with Crippen LogP contribution in [0.4, 0.5) is 5.82 Å². The van der Waals surface area contributed by atoms with E-state index in [1.807, 2.05) is 0 Å². The molecule has 2 aromatic heterocycles. The van der Waals surface area contributed by atoms with Crippen LogP contribution >= 0.6 is 0 Å². The van der Waals surface area contributed by atoms with E-state index in [0.717, 1.165) is 0 Å². The number of aromatic nitrogens is 6. The average molecular weight is 237 g/mol. The van der Waals surface area contributed by atoms with Gasteiger partial charge in [0.05, 0.1) is 19.5 Å². The summed E-state index contributed by atoms with van der Waals surface area (Å²) in [5.41, 5.74) is 5.86. The van der Waals surface area contributed by atoms with Crippen LogP contribution in [-0.2, 0) is 11.3 Å². The van der Waals surface area contributed by atoms with E-state index in [0.29, 0.717) is 5.82 Å². The van der Waals surface area contributed by atoms with E-state index < -0.39 is 5.97 Å². The van der Waals surface area contributed by atoms with Gasteiger partial charge in [-0.2, -0.15) is 5.21 Å². The molecule has 17 heavy (non-hydrogen) atoms. The number of imidazole rings is 1. The standard InChI is InChI=1S/C8H11N7O2/c1-2-17-8(16)6-7(9)15(4-10-6)3-5-11-13-14-12-5/h4H,2-3,9H2,1H3,(H,11,12,13,14). The second-order valence-electron chi connectivity index (χ2n) is 3.15. The van der Waals surface area contributed by atoms with E-state index in [2.05, 4.69) is 25.6 Å². The molecule has 0 aromatic carbocycles. The number of ether oxygens (including phenoxy) is 1. The number of nitrogen functional groups attached to an aromatic ring is 1. The number of hydrogen-bond acceptors (Lipinski definition) is 7. The van der Waals surface area contributed by atoms with Crippen LogP contribution in [0.15, 0.2) is 6.33 Å². The van der Waals surface area contributed by atoms with Crippen LogP contribution < -0.4 is 5.73 Å². The van der Waals surface area contributed by atoms with Gasteiger partial charge in [-0.25, -0.2) is 9.78 Å². The monoisotopic (exact) mass is 237 g/mol. The molecule has 0 spiro atoms. The molecule has 0 fully saturated rings. The second-order valence-corrected chi connectivity index (χ2v) is 3.15. The van der Waals surface area contributed by atoms with Gasteiger partial charge in [-0.05, 0) is 6.92 Å². The lowest BCUT2D eigenvalue weighted by Crippen LogP contribution is -2.10. The number of carbonyl (C=O) groups excluding carboxylic acids is 1. The quantitative estimate of drug-likeness (QED) is 0.667. The number of nitrogens with zero attached hydrogens (tertiary/aromatic N) is 5. The Morgan fingerprint density at radius 3 is 3.12 bits per heavy atom. The number of H-pyrrole nitrogens is 1. The summed E-state index contributed by atoms with van der Waals surface area (Å²) in [5, 5.41) is 13.3. The van der Waals surface area contributed by atoms with E-state index in [-0.39, 0.29) is 24.7 Å². The number of tetrazole rings is 1. The van der Waals surface area contributed by atoms with E-state index in [9.17, 15) is 4.79 Å². The fourth-order valence-corrected chi connectivity index (χ4v) is 1.28. The highest BCUT2D eigenvalue weighted by Crippen LogP contribution is 2.12. The van der Waals surface area contributed by atoms with Crippen LogP contribution in [-0.4, -0.2) is 42.8 Å². The summed E-state index contributed by atoms with van der Waals surface area (Å²) in [6.07, 6.45) is 1.43. The van der Waals surface area contributed by atoms with Crippen LogP contribution in [0.5, 0.6) is 0 Å². The van der Waals surface area contributed by atoms with Crippen molar-refractivity contribution in [1.82, 2.24) is 30.2 Å². The van der Waals surface area contributed by atoms with Gasteiger partial charge in [0.1, 0.15) is 5.82 Å². The maximum atomic E-state index is 11.5. The van der Waals surface area contributed by atoms with Crippen molar-refractivity contribution < 1.29 is 9.53 Å². The van der Waals surface area contributed by atoms with E-state index in [1.54, 1.807) is 6.92 Å². The maximum Gasteiger partial charge on any atom is 0.360 e. The van der Waals surface area contributed by atoms with Gasteiger partial charge in [0.25, 0.3) is 0 Å². The fourth-order valence-electron chi connectivity index (χ4n) is 1.28. The predicted octanol–water partition coefficient (Wildman–Crippen LogP) is -0.797. The Bertz CT molecular complexity index is 504. The Balaban J connectivity index is 2.18. The lowest BCUT2D eigenvalue weighted by molar-refractivity contribution is 0.0521. The normalized spacial score (nSPS) is 10.4. The largest absolute Gasteiger partial charge is 0.461 e. The highest BCUT2D eigenvalue weighted by Gasteiger charge is 2.17. The van der Waals surface area contributed by atoms with Crippen LogP contribution in [0.2, 0.25) is 0 Å². The van der Waals surface area contributed by atoms with Crippen LogP contribution in [0.3, 0.4) is 0 Å². The number of hydrogen-bond donors (Lipinski definition) is 2. The van der Waals surface area contributed by atoms with Crippen LogP contribution in [0, 0.1) is 0 Å². The fraction of sp³-hybridized carbons (Fsp3) is 0.375. The van der Waals surface area contributed by atoms with Crippen LogP contribution in [0.25, 0.3) is 0 Å². The lowest BCUT2D eigenvalue weighted by atomic mass is 10.4. The third-order valence-electron chi connectivity index (χ3n) is 2.05. The zero-order valence-electron chi connectivity index (χ0n) is 9.12. The first-order valence-electron chi connectivity index (χ1n) is 4.92. The maximum absolute atomic E-state index is 11.5. The molecule has 9 heteroatoms. The molecule has 0 unspecified atom stereocenters. The van der Waals surface area contributed by atoms with Gasteiger partial charge in [0, 0.05) is 0 Å². The molecule has 0 saturated heterocycles. The Hall–Kier alpha value is -2.45. The molecule has 0 radical (unpaired) electrons. The molecule has 0 aliphatic heterocycles. The minimum absolute atomic E-state index is 0.0929. The van der Waals surface area contributed by atoms with Gasteiger partial charge < -0.3 is 15.0 Å². The number of nitrogens with two attached hydrogens (primary N) is 1. The highest BCUT2D eigenvalue weighted by molar-refractivity contribution is 5.92. The molecule has 2 heterocycles. The summed E-state index contributed by atoms with van der Waals surface area (Å²) >= 11 is 0. The molecule has 2 rings (SSSR count). The number of aromatic amines is 1. The Morgan fingerprint density at radius 2 is 2.47 bits per heavy atom. The van der Waals surface area contributed by atoms with Gasteiger partial charge >= 0.3 is 5.97 Å². The molecular weight excluding hydrogens is 226 g/mol. The van der Waals surface area contributed by atoms with E-state index >= 15 is 0 Å². The molecular formula is C8H11N7O2. The minimum atomic E-state index is -0.545. The molecule has 0 aliphatic carbocycles. The summed E-state index contributed by atoms with van der Waals surface area (Å²) < 4.78 is 6.35. The van der Waals surface area contributed by atoms with Gasteiger partial charge in [0.15, 0.2) is 11.5 Å². The van der Waals surface area contributed by atoms with Crippen molar-refractivity contribution in [2.45, 2.75) is 13.5 Å². The van der Waals surface area contributed by atoms with Gasteiger partial charge in [-0.1, -0.05) is 5.21 Å². The van der Waals surface area contributed by atoms with Crippen molar-refractivity contribution in [2.24, 2.45) is 0 Å². The smallest absolute Gasteiger partial charge is 0.360 e. The van der Waals surface area contributed by atoms with E-state index in [4.69, 9.17) is 10.5 Å². The topological polar surface area (TPSA) is 125 Å². The highest BCUT2D eigenvalue weighted by atomic mass is 16.5. The van der Waals surface area contributed by atoms with Crippen molar-refractivity contribution in [1.29, 1.82) is 0 Å². The molecule has 0 saturated carbocycles. The molecule has 9 nitrogen and oxygen atoms in total. The van der Waals surface area contributed by atoms with Gasteiger partial charge in [-0.15, -0.1) is 10.2 Å².